The number of benzene rings is 1. The second-order valence-electron chi connectivity index (χ2n) is 7.12. The Morgan fingerprint density at radius 1 is 1.29 bits per heavy atom. The van der Waals surface area contributed by atoms with E-state index in [1.54, 1.807) is 11.3 Å². The Morgan fingerprint density at radius 2 is 2.06 bits per heavy atom. The van der Waals surface area contributed by atoms with Crippen molar-refractivity contribution in [3.05, 3.63) is 52.0 Å². The minimum atomic E-state index is -3.01. The van der Waals surface area contributed by atoms with Crippen LogP contribution in [0, 0.1) is 5.82 Å². The zero-order valence-corrected chi connectivity index (χ0v) is 20.5. The van der Waals surface area contributed by atoms with E-state index in [2.05, 4.69) is 42.1 Å². The predicted molar refractivity (Wildman–Crippen MR) is 129 cm³/mol. The van der Waals surface area contributed by atoms with Gasteiger partial charge in [0.2, 0.25) is 0 Å². The second kappa shape index (κ2) is 13.1. The van der Waals surface area contributed by atoms with Crippen LogP contribution in [0.3, 0.4) is 0 Å². The predicted octanol–water partition coefficient (Wildman–Crippen LogP) is 4.83. The lowest BCUT2D eigenvalue weighted by Gasteiger charge is -2.33. The molecule has 0 atom stereocenters. The van der Waals surface area contributed by atoms with Crippen molar-refractivity contribution in [1.29, 1.82) is 0 Å². The maximum Gasteiger partial charge on any atom is 0.387 e. The Morgan fingerprint density at radius 3 is 2.71 bits per heavy atom. The van der Waals surface area contributed by atoms with Crippen LogP contribution >= 0.6 is 35.3 Å². The molecule has 2 heterocycles. The van der Waals surface area contributed by atoms with Crippen molar-refractivity contribution in [1.82, 2.24) is 15.5 Å². The summed E-state index contributed by atoms with van der Waals surface area (Å²) in [4.78, 5) is 6.83. The summed E-state index contributed by atoms with van der Waals surface area (Å²) in [7, 11) is 0. The van der Waals surface area contributed by atoms with E-state index < -0.39 is 12.4 Å². The summed E-state index contributed by atoms with van der Waals surface area (Å²) >= 11 is 1.71. The minimum absolute atomic E-state index is 0. The molecule has 0 amide bonds. The van der Waals surface area contributed by atoms with Crippen molar-refractivity contribution in [2.24, 2.45) is 4.99 Å². The molecule has 2 aromatic rings. The van der Waals surface area contributed by atoms with E-state index in [9.17, 15) is 13.2 Å². The van der Waals surface area contributed by atoms with Gasteiger partial charge in [-0.25, -0.2) is 9.38 Å². The van der Waals surface area contributed by atoms with Gasteiger partial charge in [-0.05, 0) is 54.3 Å². The number of rotatable bonds is 8. The Kier molecular flexibility index (Phi) is 10.9. The van der Waals surface area contributed by atoms with Crippen molar-refractivity contribution in [2.75, 3.05) is 19.6 Å². The van der Waals surface area contributed by atoms with Crippen LogP contribution in [0.15, 0.2) is 40.0 Å². The fourth-order valence-corrected chi connectivity index (χ4v) is 4.11. The van der Waals surface area contributed by atoms with E-state index in [0.29, 0.717) is 12.5 Å². The number of ether oxygens (including phenoxy) is 1. The highest BCUT2D eigenvalue weighted by Crippen LogP contribution is 2.24. The third kappa shape index (κ3) is 8.15. The summed E-state index contributed by atoms with van der Waals surface area (Å²) in [6.07, 6.45) is 1.93. The first-order chi connectivity index (χ1) is 14.5. The first-order valence-electron chi connectivity index (χ1n) is 10.1. The van der Waals surface area contributed by atoms with E-state index in [1.165, 1.54) is 23.8 Å². The van der Waals surface area contributed by atoms with Gasteiger partial charge in [0.05, 0.1) is 12.1 Å². The van der Waals surface area contributed by atoms with Crippen molar-refractivity contribution in [2.45, 2.75) is 45.5 Å². The number of hydrogen-bond donors (Lipinski definition) is 2. The number of halogens is 4. The highest BCUT2D eigenvalue weighted by atomic mass is 127. The van der Waals surface area contributed by atoms with Gasteiger partial charge in [0.25, 0.3) is 0 Å². The van der Waals surface area contributed by atoms with Crippen molar-refractivity contribution >= 4 is 41.3 Å². The molecule has 172 valence electrons. The van der Waals surface area contributed by atoms with Crippen molar-refractivity contribution < 1.29 is 17.9 Å². The first kappa shape index (κ1) is 25.7. The zero-order valence-electron chi connectivity index (χ0n) is 17.3. The molecule has 1 aliphatic rings. The summed E-state index contributed by atoms with van der Waals surface area (Å²) in [5.74, 6) is -0.263. The van der Waals surface area contributed by atoms with E-state index in [1.807, 2.05) is 6.92 Å². The Hall–Kier alpha value is -1.53. The molecule has 0 bridgehead atoms. The van der Waals surface area contributed by atoms with Crippen LogP contribution in [-0.2, 0) is 13.1 Å². The lowest BCUT2D eigenvalue weighted by Crippen LogP contribution is -2.48. The lowest BCUT2D eigenvalue weighted by atomic mass is 10.0. The van der Waals surface area contributed by atoms with Gasteiger partial charge < -0.3 is 15.4 Å². The molecule has 1 aromatic carbocycles. The standard InChI is InChI=1S/C21H27F3N4OS.HI/c1-2-25-21(26-12-17-18(22)4-3-5-19(17)29-20(23)24)27-16-6-9-28(10-7-16)13-15-8-11-30-14-15;/h3-5,8,11,14,16,20H,2,6-7,9-10,12-13H2,1H3,(H2,25,26,27);1H. The third-order valence-electron chi connectivity index (χ3n) is 4.95. The SMILES string of the molecule is CCNC(=NCc1c(F)cccc1OC(F)F)NC1CCN(Cc2ccsc2)CC1.I. The maximum atomic E-state index is 14.2. The van der Waals surface area contributed by atoms with Gasteiger partial charge in [-0.2, -0.15) is 20.1 Å². The molecule has 1 saturated heterocycles. The van der Waals surface area contributed by atoms with Crippen molar-refractivity contribution in [3.8, 4) is 5.75 Å². The molecule has 2 N–H and O–H groups in total. The molecule has 0 unspecified atom stereocenters. The number of nitrogens with zero attached hydrogens (tertiary/aromatic N) is 2. The normalized spacial score (nSPS) is 15.6. The molecule has 0 aliphatic carbocycles. The van der Waals surface area contributed by atoms with Gasteiger partial charge in [-0.3, -0.25) is 4.90 Å². The van der Waals surface area contributed by atoms with E-state index in [0.717, 1.165) is 32.5 Å². The van der Waals surface area contributed by atoms with Crippen LogP contribution in [0.25, 0.3) is 0 Å². The highest BCUT2D eigenvalue weighted by molar-refractivity contribution is 14.0. The number of likely N-dealkylation sites (tertiary alicyclic amines) is 1. The van der Waals surface area contributed by atoms with Gasteiger partial charge in [0.1, 0.15) is 11.6 Å². The number of aliphatic imine (C=N–C) groups is 1. The molecular weight excluding hydrogens is 540 g/mol. The summed E-state index contributed by atoms with van der Waals surface area (Å²) in [5.41, 5.74) is 1.36. The fraction of sp³-hybridized carbons (Fsp3) is 0.476. The molecule has 31 heavy (non-hydrogen) atoms. The zero-order chi connectivity index (χ0) is 21.3. The Bertz CT molecular complexity index is 815. The molecule has 3 rings (SSSR count). The first-order valence-corrected chi connectivity index (χ1v) is 11.0. The quantitative estimate of drug-likeness (QED) is 0.272. The van der Waals surface area contributed by atoms with Crippen molar-refractivity contribution in [3.63, 3.8) is 0 Å². The number of nitrogens with one attached hydrogen (secondary N) is 2. The number of piperidine rings is 1. The molecular formula is C21H28F3IN4OS. The molecule has 0 saturated carbocycles. The second-order valence-corrected chi connectivity index (χ2v) is 7.90. The van der Waals surface area contributed by atoms with Crippen LogP contribution in [0.1, 0.15) is 30.9 Å². The smallest absolute Gasteiger partial charge is 0.387 e. The largest absolute Gasteiger partial charge is 0.434 e. The Balaban J connectivity index is 0.00000341. The Labute approximate surface area is 202 Å². The van der Waals surface area contributed by atoms with Crippen LogP contribution < -0.4 is 15.4 Å². The summed E-state index contributed by atoms with van der Waals surface area (Å²) in [6, 6.07) is 6.28. The van der Waals surface area contributed by atoms with Gasteiger partial charge in [0.15, 0.2) is 5.96 Å². The highest BCUT2D eigenvalue weighted by Gasteiger charge is 2.20. The maximum absolute atomic E-state index is 14.2. The molecule has 0 radical (unpaired) electrons. The van der Waals surface area contributed by atoms with Crippen LogP contribution in [-0.4, -0.2) is 43.1 Å². The van der Waals surface area contributed by atoms with Crippen LogP contribution in [0.2, 0.25) is 0 Å². The lowest BCUT2D eigenvalue weighted by molar-refractivity contribution is -0.0506. The summed E-state index contributed by atoms with van der Waals surface area (Å²) < 4.78 is 43.8. The van der Waals surface area contributed by atoms with Gasteiger partial charge in [-0.15, -0.1) is 24.0 Å². The molecule has 1 fully saturated rings. The molecule has 10 heteroatoms. The average molecular weight is 568 g/mol. The van der Waals surface area contributed by atoms with E-state index in [4.69, 9.17) is 0 Å². The molecule has 5 nitrogen and oxygen atoms in total. The third-order valence-corrected chi connectivity index (χ3v) is 5.68. The van der Waals surface area contributed by atoms with Gasteiger partial charge in [-0.1, -0.05) is 6.07 Å². The molecule has 1 aliphatic heterocycles. The van der Waals surface area contributed by atoms with Crippen LogP contribution in [0.4, 0.5) is 13.2 Å². The number of thiophene rings is 1. The summed E-state index contributed by atoms with van der Waals surface area (Å²) in [5, 5.41) is 10.8. The van der Waals surface area contributed by atoms with E-state index >= 15 is 0 Å². The average Bonchev–Trinajstić information content (AvgIpc) is 3.22. The van der Waals surface area contributed by atoms with Gasteiger partial charge >= 0.3 is 6.61 Å². The molecule has 0 spiro atoms. The topological polar surface area (TPSA) is 48.9 Å². The fourth-order valence-electron chi connectivity index (χ4n) is 3.45. The number of hydrogen-bond acceptors (Lipinski definition) is 4. The summed E-state index contributed by atoms with van der Waals surface area (Å²) in [6.45, 7) is 2.39. The van der Waals surface area contributed by atoms with Gasteiger partial charge in [0, 0.05) is 32.2 Å². The monoisotopic (exact) mass is 568 g/mol. The van der Waals surface area contributed by atoms with Crippen LogP contribution in [0.5, 0.6) is 5.75 Å². The number of guanidine groups is 1. The molecule has 1 aromatic heterocycles. The number of alkyl halides is 2. The van der Waals surface area contributed by atoms with E-state index in [-0.39, 0.29) is 47.9 Å². The minimum Gasteiger partial charge on any atom is -0.434 e.